The summed E-state index contributed by atoms with van der Waals surface area (Å²) in [6.07, 6.45) is 5.14. The molecule has 1 saturated carbocycles. The van der Waals surface area contributed by atoms with Gasteiger partial charge in [-0.25, -0.2) is 14.0 Å². The number of carboxylic acids is 1. The van der Waals surface area contributed by atoms with E-state index in [1.807, 2.05) is 12.1 Å². The summed E-state index contributed by atoms with van der Waals surface area (Å²) in [5.74, 6) is -0.394. The SMILES string of the molecule is CCOC(Cc1ccc(OCCN(CC2CCCCC2)C(=O)Nc2ccccc2F)cc1)C(=O)O. The van der Waals surface area contributed by atoms with Gasteiger partial charge in [0.25, 0.3) is 0 Å². The number of hydrogen-bond acceptors (Lipinski definition) is 4. The molecule has 0 spiro atoms. The number of para-hydroxylation sites is 1. The third-order valence-electron chi connectivity index (χ3n) is 6.22. The molecule has 0 aliphatic heterocycles. The summed E-state index contributed by atoms with van der Waals surface area (Å²) in [5, 5.41) is 11.9. The lowest BCUT2D eigenvalue weighted by molar-refractivity contribution is -0.149. The Labute approximate surface area is 206 Å². The molecule has 0 radical (unpaired) electrons. The molecule has 1 aliphatic carbocycles. The molecular weight excluding hydrogens is 451 g/mol. The van der Waals surface area contributed by atoms with Gasteiger partial charge >= 0.3 is 12.0 Å². The van der Waals surface area contributed by atoms with Crippen LogP contribution in [0.25, 0.3) is 0 Å². The van der Waals surface area contributed by atoms with E-state index in [1.165, 1.54) is 25.3 Å². The van der Waals surface area contributed by atoms with Crippen molar-refractivity contribution in [2.45, 2.75) is 51.6 Å². The normalized spacial score (nSPS) is 14.8. The van der Waals surface area contributed by atoms with Crippen molar-refractivity contribution in [1.82, 2.24) is 4.90 Å². The van der Waals surface area contributed by atoms with E-state index in [1.54, 1.807) is 42.2 Å². The number of benzene rings is 2. The summed E-state index contributed by atoms with van der Waals surface area (Å²) >= 11 is 0. The first-order valence-corrected chi connectivity index (χ1v) is 12.3. The van der Waals surface area contributed by atoms with Crippen molar-refractivity contribution in [3.63, 3.8) is 0 Å². The van der Waals surface area contributed by atoms with E-state index in [2.05, 4.69) is 5.32 Å². The Kier molecular flexibility index (Phi) is 10.3. The average molecular weight is 487 g/mol. The van der Waals surface area contributed by atoms with Crippen molar-refractivity contribution in [1.29, 1.82) is 0 Å². The Morgan fingerprint density at radius 1 is 1.11 bits per heavy atom. The van der Waals surface area contributed by atoms with E-state index in [9.17, 15) is 19.1 Å². The van der Waals surface area contributed by atoms with Crippen molar-refractivity contribution < 1.29 is 28.6 Å². The molecule has 35 heavy (non-hydrogen) atoms. The Morgan fingerprint density at radius 3 is 2.49 bits per heavy atom. The fraction of sp³-hybridized carbons (Fsp3) is 0.481. The number of aliphatic carboxylic acids is 1. The Morgan fingerprint density at radius 2 is 1.83 bits per heavy atom. The number of hydrogen-bond donors (Lipinski definition) is 2. The standard InChI is InChI=1S/C27H35FN2O5/c1-2-34-25(26(31)32)18-20-12-14-22(15-13-20)35-17-16-30(19-21-8-4-3-5-9-21)27(33)29-24-11-7-6-10-23(24)28/h6-7,10-15,21,25H,2-5,8-9,16-19H2,1H3,(H,29,33)(H,31,32). The van der Waals surface area contributed by atoms with Gasteiger partial charge in [0.15, 0.2) is 6.10 Å². The van der Waals surface area contributed by atoms with E-state index >= 15 is 0 Å². The summed E-state index contributed by atoms with van der Waals surface area (Å²) in [4.78, 5) is 26.0. The number of halogens is 1. The Bertz CT molecular complexity index is 947. The zero-order valence-corrected chi connectivity index (χ0v) is 20.2. The molecule has 190 valence electrons. The van der Waals surface area contributed by atoms with Gasteiger partial charge < -0.3 is 24.8 Å². The van der Waals surface area contributed by atoms with Crippen molar-refractivity contribution in [2.75, 3.05) is 31.6 Å². The van der Waals surface area contributed by atoms with Crippen LogP contribution in [0.4, 0.5) is 14.9 Å². The highest BCUT2D eigenvalue weighted by molar-refractivity contribution is 5.89. The Balaban J connectivity index is 1.56. The summed E-state index contributed by atoms with van der Waals surface area (Å²) in [6, 6.07) is 13.0. The van der Waals surface area contributed by atoms with Gasteiger partial charge in [0, 0.05) is 19.6 Å². The first-order chi connectivity index (χ1) is 17.0. The minimum atomic E-state index is -0.987. The molecule has 1 fully saturated rings. The van der Waals surface area contributed by atoms with E-state index in [0.29, 0.717) is 31.4 Å². The molecule has 8 heteroatoms. The molecule has 1 atom stereocenters. The van der Waals surface area contributed by atoms with Gasteiger partial charge in [0.05, 0.1) is 12.2 Å². The lowest BCUT2D eigenvalue weighted by Gasteiger charge is -2.30. The summed E-state index contributed by atoms with van der Waals surface area (Å²) in [5.41, 5.74) is 0.996. The molecule has 2 N–H and O–H groups in total. The third kappa shape index (κ3) is 8.55. The van der Waals surface area contributed by atoms with Crippen LogP contribution >= 0.6 is 0 Å². The maximum absolute atomic E-state index is 14.0. The first-order valence-electron chi connectivity index (χ1n) is 12.3. The molecule has 2 aromatic rings. The van der Waals surface area contributed by atoms with Gasteiger partial charge in [-0.3, -0.25) is 0 Å². The molecule has 0 aromatic heterocycles. The van der Waals surface area contributed by atoms with Crippen LogP contribution in [-0.2, 0) is 16.0 Å². The number of rotatable bonds is 12. The number of carboxylic acid groups (broad SMARTS) is 1. The van der Waals surface area contributed by atoms with Crippen LogP contribution in [-0.4, -0.2) is 54.4 Å². The molecule has 1 unspecified atom stereocenters. The highest BCUT2D eigenvalue weighted by Gasteiger charge is 2.22. The van der Waals surface area contributed by atoms with Crippen LogP contribution in [0.5, 0.6) is 5.75 Å². The zero-order chi connectivity index (χ0) is 25.0. The van der Waals surface area contributed by atoms with Crippen LogP contribution in [0.2, 0.25) is 0 Å². The minimum absolute atomic E-state index is 0.161. The highest BCUT2D eigenvalue weighted by atomic mass is 19.1. The second-order valence-corrected chi connectivity index (χ2v) is 8.84. The second kappa shape index (κ2) is 13.7. The predicted octanol–water partition coefficient (Wildman–Crippen LogP) is 5.35. The second-order valence-electron chi connectivity index (χ2n) is 8.84. The lowest BCUT2D eigenvalue weighted by atomic mass is 9.89. The third-order valence-corrected chi connectivity index (χ3v) is 6.22. The number of urea groups is 1. The van der Waals surface area contributed by atoms with E-state index in [4.69, 9.17) is 9.47 Å². The van der Waals surface area contributed by atoms with Crippen molar-refractivity contribution in [3.8, 4) is 5.75 Å². The minimum Gasteiger partial charge on any atom is -0.492 e. The smallest absolute Gasteiger partial charge is 0.333 e. The van der Waals surface area contributed by atoms with Gasteiger partial charge in [-0.15, -0.1) is 0 Å². The van der Waals surface area contributed by atoms with Crippen LogP contribution in [0.1, 0.15) is 44.6 Å². The monoisotopic (exact) mass is 486 g/mol. The molecule has 0 bridgehead atoms. The maximum atomic E-state index is 14.0. The van der Waals surface area contributed by atoms with Crippen LogP contribution in [0.15, 0.2) is 48.5 Å². The van der Waals surface area contributed by atoms with Crippen molar-refractivity contribution in [3.05, 3.63) is 59.9 Å². The van der Waals surface area contributed by atoms with Gasteiger partial charge in [-0.1, -0.05) is 43.5 Å². The van der Waals surface area contributed by atoms with Crippen LogP contribution < -0.4 is 10.1 Å². The number of carbonyl (C=O) groups is 2. The average Bonchev–Trinajstić information content (AvgIpc) is 2.86. The van der Waals surface area contributed by atoms with Crippen molar-refractivity contribution in [2.24, 2.45) is 5.92 Å². The molecule has 7 nitrogen and oxygen atoms in total. The largest absolute Gasteiger partial charge is 0.492 e. The zero-order valence-electron chi connectivity index (χ0n) is 20.2. The predicted molar refractivity (Wildman–Crippen MR) is 132 cm³/mol. The van der Waals surface area contributed by atoms with Gasteiger partial charge in [0.1, 0.15) is 18.2 Å². The van der Waals surface area contributed by atoms with Gasteiger partial charge in [-0.05, 0) is 55.5 Å². The number of anilines is 1. The van der Waals surface area contributed by atoms with E-state index < -0.39 is 17.9 Å². The number of carbonyl (C=O) groups excluding carboxylic acids is 1. The molecule has 2 aromatic carbocycles. The Hall–Kier alpha value is -3.13. The van der Waals surface area contributed by atoms with Gasteiger partial charge in [-0.2, -0.15) is 0 Å². The number of ether oxygens (including phenoxy) is 2. The van der Waals surface area contributed by atoms with Crippen LogP contribution in [0, 0.1) is 11.7 Å². The van der Waals surface area contributed by atoms with Crippen molar-refractivity contribution >= 4 is 17.7 Å². The lowest BCUT2D eigenvalue weighted by Crippen LogP contribution is -2.41. The summed E-state index contributed by atoms with van der Waals surface area (Å²) in [6.45, 7) is 3.36. The fourth-order valence-electron chi connectivity index (χ4n) is 4.34. The molecule has 2 amide bonds. The quantitative estimate of drug-likeness (QED) is 0.422. The highest BCUT2D eigenvalue weighted by Crippen LogP contribution is 2.25. The number of nitrogens with zero attached hydrogens (tertiary/aromatic N) is 1. The van der Waals surface area contributed by atoms with Crippen LogP contribution in [0.3, 0.4) is 0 Å². The van der Waals surface area contributed by atoms with E-state index in [0.717, 1.165) is 18.4 Å². The molecule has 3 rings (SSSR count). The fourth-order valence-corrected chi connectivity index (χ4v) is 4.34. The molecule has 1 aliphatic rings. The van der Waals surface area contributed by atoms with E-state index in [-0.39, 0.29) is 24.7 Å². The topological polar surface area (TPSA) is 88.1 Å². The summed E-state index contributed by atoms with van der Waals surface area (Å²) in [7, 11) is 0. The van der Waals surface area contributed by atoms with Gasteiger partial charge in [0.2, 0.25) is 0 Å². The number of amides is 2. The summed E-state index contributed by atoms with van der Waals surface area (Å²) < 4.78 is 25.2. The maximum Gasteiger partial charge on any atom is 0.333 e. The molecule has 0 saturated heterocycles. The molecular formula is C27H35FN2O5. The number of nitrogens with one attached hydrogen (secondary N) is 1. The molecule has 0 heterocycles. The first kappa shape index (κ1) is 26.5.